The summed E-state index contributed by atoms with van der Waals surface area (Å²) in [7, 11) is 0. The van der Waals surface area contributed by atoms with Crippen LogP contribution in [0.5, 0.6) is 0 Å². The predicted molar refractivity (Wildman–Crippen MR) is 77.9 cm³/mol. The fourth-order valence-electron chi connectivity index (χ4n) is 2.52. The van der Waals surface area contributed by atoms with E-state index in [1.807, 2.05) is 0 Å². The number of non-ortho nitro benzene ring substituents is 1. The lowest BCUT2D eigenvalue weighted by Crippen LogP contribution is -2.30. The summed E-state index contributed by atoms with van der Waals surface area (Å²) < 4.78 is 0.506. The number of amides is 1. The maximum absolute atomic E-state index is 12.2. The molecule has 0 heterocycles. The molecule has 1 saturated carbocycles. The molecule has 2 N–H and O–H groups in total. The number of anilines is 1. The van der Waals surface area contributed by atoms with Crippen LogP contribution in [-0.2, 0) is 9.59 Å². The summed E-state index contributed by atoms with van der Waals surface area (Å²) in [4.78, 5) is 33.5. The van der Waals surface area contributed by atoms with E-state index in [9.17, 15) is 19.7 Å². The van der Waals surface area contributed by atoms with Crippen molar-refractivity contribution in [3.8, 4) is 0 Å². The lowest BCUT2D eigenvalue weighted by atomic mass is 9.95. The number of hydrogen-bond donors (Lipinski definition) is 2. The first-order chi connectivity index (χ1) is 9.90. The number of hydrogen-bond acceptors (Lipinski definition) is 4. The molecule has 1 aromatic rings. The van der Waals surface area contributed by atoms with Gasteiger partial charge in [0.25, 0.3) is 5.69 Å². The van der Waals surface area contributed by atoms with Crippen molar-refractivity contribution in [2.45, 2.75) is 19.3 Å². The number of nitrogens with one attached hydrogen (secondary N) is 1. The van der Waals surface area contributed by atoms with Crippen molar-refractivity contribution in [3.63, 3.8) is 0 Å². The molecule has 1 amide bonds. The van der Waals surface area contributed by atoms with Gasteiger partial charge < -0.3 is 10.4 Å². The highest BCUT2D eigenvalue weighted by molar-refractivity contribution is 9.10. The summed E-state index contributed by atoms with van der Waals surface area (Å²) in [5, 5.41) is 22.4. The van der Waals surface area contributed by atoms with Crippen LogP contribution in [-0.4, -0.2) is 21.9 Å². The molecule has 7 nitrogen and oxygen atoms in total. The van der Waals surface area contributed by atoms with Crippen molar-refractivity contribution >= 4 is 39.2 Å². The molecule has 1 aliphatic carbocycles. The molecule has 2 rings (SSSR count). The van der Waals surface area contributed by atoms with E-state index in [2.05, 4.69) is 21.2 Å². The van der Waals surface area contributed by atoms with Gasteiger partial charge in [-0.3, -0.25) is 19.7 Å². The number of carboxylic acids is 1. The first-order valence-corrected chi connectivity index (χ1v) is 7.17. The third kappa shape index (κ3) is 3.38. The van der Waals surface area contributed by atoms with E-state index in [-0.39, 0.29) is 11.4 Å². The van der Waals surface area contributed by atoms with Gasteiger partial charge in [0, 0.05) is 16.6 Å². The maximum atomic E-state index is 12.2. The van der Waals surface area contributed by atoms with E-state index < -0.39 is 28.6 Å². The topological polar surface area (TPSA) is 110 Å². The lowest BCUT2D eigenvalue weighted by Gasteiger charge is -2.16. The number of rotatable bonds is 4. The summed E-state index contributed by atoms with van der Waals surface area (Å²) in [5.41, 5.74) is 0.125. The molecule has 21 heavy (non-hydrogen) atoms. The van der Waals surface area contributed by atoms with Crippen LogP contribution >= 0.6 is 15.9 Å². The Hall–Kier alpha value is -1.96. The normalized spacial score (nSPS) is 21.0. The third-order valence-electron chi connectivity index (χ3n) is 3.59. The van der Waals surface area contributed by atoms with E-state index in [0.717, 1.165) is 0 Å². The maximum Gasteiger partial charge on any atom is 0.307 e. The molecule has 0 aromatic heterocycles. The summed E-state index contributed by atoms with van der Waals surface area (Å²) in [6.45, 7) is 0. The zero-order chi connectivity index (χ0) is 15.6. The number of aliphatic carboxylic acids is 1. The highest BCUT2D eigenvalue weighted by Gasteiger charge is 2.37. The quantitative estimate of drug-likeness (QED) is 0.636. The molecule has 1 aromatic carbocycles. The van der Waals surface area contributed by atoms with Gasteiger partial charge in [0.1, 0.15) is 0 Å². The summed E-state index contributed by atoms with van der Waals surface area (Å²) >= 11 is 3.21. The van der Waals surface area contributed by atoms with Crippen LogP contribution in [0.1, 0.15) is 19.3 Å². The first-order valence-electron chi connectivity index (χ1n) is 6.37. The van der Waals surface area contributed by atoms with Gasteiger partial charge in [0.05, 0.1) is 22.4 Å². The van der Waals surface area contributed by atoms with Gasteiger partial charge in [-0.15, -0.1) is 0 Å². The summed E-state index contributed by atoms with van der Waals surface area (Å²) in [6.07, 6.45) is 1.67. The van der Waals surface area contributed by atoms with Gasteiger partial charge in [0.15, 0.2) is 0 Å². The Morgan fingerprint density at radius 2 is 2.00 bits per heavy atom. The number of benzene rings is 1. The average Bonchev–Trinajstić information content (AvgIpc) is 2.90. The molecule has 1 fully saturated rings. The Morgan fingerprint density at radius 1 is 1.33 bits per heavy atom. The van der Waals surface area contributed by atoms with Crippen molar-refractivity contribution in [1.82, 2.24) is 0 Å². The standard InChI is InChI=1S/C13H13BrN2O5/c14-10-5-4-7(16(20)21)6-11(10)15-12(17)8-2-1-3-9(8)13(18)19/h4-6,8-9H,1-3H2,(H,15,17)(H,18,19). The fraction of sp³-hybridized carbons (Fsp3) is 0.385. The highest BCUT2D eigenvalue weighted by atomic mass is 79.9. The summed E-state index contributed by atoms with van der Waals surface area (Å²) in [6, 6.07) is 4.03. The molecular formula is C13H13BrN2O5. The van der Waals surface area contributed by atoms with Crippen LogP contribution < -0.4 is 5.32 Å². The number of carbonyl (C=O) groups is 2. The number of halogens is 1. The zero-order valence-corrected chi connectivity index (χ0v) is 12.5. The molecule has 0 radical (unpaired) electrons. The number of nitro benzene ring substituents is 1. The molecule has 8 heteroatoms. The van der Waals surface area contributed by atoms with Crippen LogP contribution in [0, 0.1) is 22.0 Å². The van der Waals surface area contributed by atoms with E-state index in [1.54, 1.807) is 0 Å². The molecule has 0 bridgehead atoms. The van der Waals surface area contributed by atoms with Crippen molar-refractivity contribution in [2.75, 3.05) is 5.32 Å². The second-order valence-corrected chi connectivity index (χ2v) is 5.75. The first kappa shape index (κ1) is 15.4. The van der Waals surface area contributed by atoms with Crippen molar-refractivity contribution in [3.05, 3.63) is 32.8 Å². The molecule has 2 unspecified atom stereocenters. The van der Waals surface area contributed by atoms with E-state index in [4.69, 9.17) is 5.11 Å². The van der Waals surface area contributed by atoms with Crippen molar-refractivity contribution < 1.29 is 19.6 Å². The summed E-state index contributed by atoms with van der Waals surface area (Å²) in [5.74, 6) is -2.69. The van der Waals surface area contributed by atoms with Gasteiger partial charge in [-0.05, 0) is 34.8 Å². The Labute approximate surface area is 128 Å². The Balaban J connectivity index is 2.18. The van der Waals surface area contributed by atoms with Crippen LogP contribution in [0.4, 0.5) is 11.4 Å². The minimum atomic E-state index is -0.981. The van der Waals surface area contributed by atoms with Gasteiger partial charge in [0.2, 0.25) is 5.91 Å². The molecule has 0 aliphatic heterocycles. The molecule has 0 spiro atoms. The second kappa shape index (κ2) is 6.21. The van der Waals surface area contributed by atoms with Crippen molar-refractivity contribution in [2.24, 2.45) is 11.8 Å². The van der Waals surface area contributed by atoms with Crippen LogP contribution in [0.15, 0.2) is 22.7 Å². The lowest BCUT2D eigenvalue weighted by molar-refractivity contribution is -0.384. The van der Waals surface area contributed by atoms with Gasteiger partial charge >= 0.3 is 5.97 Å². The van der Waals surface area contributed by atoms with Gasteiger partial charge in [-0.1, -0.05) is 6.42 Å². The van der Waals surface area contributed by atoms with E-state index in [1.165, 1.54) is 18.2 Å². The molecular weight excluding hydrogens is 344 g/mol. The number of carbonyl (C=O) groups excluding carboxylic acids is 1. The Kier molecular flexibility index (Phi) is 4.56. The smallest absolute Gasteiger partial charge is 0.307 e. The molecule has 112 valence electrons. The highest BCUT2D eigenvalue weighted by Crippen LogP contribution is 2.34. The van der Waals surface area contributed by atoms with Crippen molar-refractivity contribution in [1.29, 1.82) is 0 Å². The molecule has 1 aliphatic rings. The largest absolute Gasteiger partial charge is 0.481 e. The third-order valence-corrected chi connectivity index (χ3v) is 4.28. The predicted octanol–water partition coefficient (Wildman–Crippen LogP) is 2.80. The SMILES string of the molecule is O=C(O)C1CCCC1C(=O)Nc1cc([N+](=O)[O-])ccc1Br. The van der Waals surface area contributed by atoms with Gasteiger partial charge in [-0.25, -0.2) is 0 Å². The van der Waals surface area contributed by atoms with E-state index in [0.29, 0.717) is 23.7 Å². The monoisotopic (exact) mass is 356 g/mol. The minimum absolute atomic E-state index is 0.144. The minimum Gasteiger partial charge on any atom is -0.481 e. The fourth-order valence-corrected chi connectivity index (χ4v) is 2.86. The molecule has 0 saturated heterocycles. The number of nitro groups is 1. The number of nitrogens with zero attached hydrogens (tertiary/aromatic N) is 1. The van der Waals surface area contributed by atoms with E-state index >= 15 is 0 Å². The van der Waals surface area contributed by atoms with Crippen LogP contribution in [0.25, 0.3) is 0 Å². The molecule has 2 atom stereocenters. The zero-order valence-electron chi connectivity index (χ0n) is 10.9. The second-order valence-electron chi connectivity index (χ2n) is 4.89. The average molecular weight is 357 g/mol. The van der Waals surface area contributed by atoms with Gasteiger partial charge in [-0.2, -0.15) is 0 Å². The Morgan fingerprint density at radius 3 is 2.62 bits per heavy atom. The number of carboxylic acid groups (broad SMARTS) is 1. The van der Waals surface area contributed by atoms with Crippen LogP contribution in [0.2, 0.25) is 0 Å². The van der Waals surface area contributed by atoms with Crippen LogP contribution in [0.3, 0.4) is 0 Å². The Bertz CT molecular complexity index is 604.